The number of aromatic carboxylic acids is 1. The van der Waals surface area contributed by atoms with Crippen LogP contribution in [-0.2, 0) is 0 Å². The van der Waals surface area contributed by atoms with Crippen LogP contribution in [0.4, 0.5) is 5.82 Å². The molecule has 2 N–H and O–H groups in total. The van der Waals surface area contributed by atoms with Crippen LogP contribution in [0.5, 0.6) is 0 Å². The fourth-order valence-corrected chi connectivity index (χ4v) is 1.71. The molecule has 0 aliphatic rings. The topological polar surface area (TPSA) is 62.2 Å². The average molecular weight is 216 g/mol. The van der Waals surface area contributed by atoms with Gasteiger partial charge < -0.3 is 10.4 Å². The quantitative estimate of drug-likeness (QED) is 0.826. The summed E-state index contributed by atoms with van der Waals surface area (Å²) in [5.41, 5.74) is 0.279. The van der Waals surface area contributed by atoms with E-state index in [2.05, 4.69) is 10.3 Å². The molecule has 0 fully saturated rings. The van der Waals surface area contributed by atoms with E-state index in [0.29, 0.717) is 17.7 Å². The Morgan fingerprint density at radius 2 is 2.25 bits per heavy atom. The lowest BCUT2D eigenvalue weighted by atomic mass is 10.1. The van der Waals surface area contributed by atoms with Crippen LogP contribution in [0.2, 0.25) is 0 Å². The van der Waals surface area contributed by atoms with Crippen LogP contribution in [0.3, 0.4) is 0 Å². The van der Waals surface area contributed by atoms with Crippen LogP contribution in [0.1, 0.15) is 17.3 Å². The van der Waals surface area contributed by atoms with Gasteiger partial charge in [0.2, 0.25) is 0 Å². The minimum Gasteiger partial charge on any atom is -0.478 e. The molecule has 0 atom stereocenters. The molecule has 4 heteroatoms. The average Bonchev–Trinajstić information content (AvgIpc) is 2.29. The fraction of sp³-hybridized carbons (Fsp3) is 0.167. The summed E-state index contributed by atoms with van der Waals surface area (Å²) in [5.74, 6) is -0.309. The van der Waals surface area contributed by atoms with Gasteiger partial charge in [-0.2, -0.15) is 0 Å². The zero-order valence-electron chi connectivity index (χ0n) is 8.90. The van der Waals surface area contributed by atoms with Crippen molar-refractivity contribution in [2.75, 3.05) is 11.9 Å². The van der Waals surface area contributed by atoms with Gasteiger partial charge in [0.05, 0.1) is 5.56 Å². The predicted octanol–water partition coefficient (Wildman–Crippen LogP) is 2.36. The molecule has 1 aromatic heterocycles. The summed E-state index contributed by atoms with van der Waals surface area (Å²) in [6.07, 6.45) is 1.67. The van der Waals surface area contributed by atoms with Crippen molar-refractivity contribution in [3.8, 4) is 0 Å². The Labute approximate surface area is 92.9 Å². The van der Waals surface area contributed by atoms with Crippen LogP contribution in [0.25, 0.3) is 10.8 Å². The number of carboxylic acids is 1. The summed E-state index contributed by atoms with van der Waals surface area (Å²) in [6.45, 7) is 2.66. The monoisotopic (exact) mass is 216 g/mol. The first-order valence-corrected chi connectivity index (χ1v) is 5.09. The third-order valence-corrected chi connectivity index (χ3v) is 2.37. The summed E-state index contributed by atoms with van der Waals surface area (Å²) < 4.78 is 0. The number of pyridine rings is 1. The van der Waals surface area contributed by atoms with Crippen molar-refractivity contribution in [1.29, 1.82) is 0 Å². The molecule has 0 aliphatic heterocycles. The second-order valence-corrected chi connectivity index (χ2v) is 3.40. The summed E-state index contributed by atoms with van der Waals surface area (Å²) in [5, 5.41) is 13.7. The highest BCUT2D eigenvalue weighted by Crippen LogP contribution is 2.24. The van der Waals surface area contributed by atoms with E-state index in [1.807, 2.05) is 19.1 Å². The van der Waals surface area contributed by atoms with Crippen molar-refractivity contribution in [2.45, 2.75) is 6.92 Å². The molecule has 0 unspecified atom stereocenters. The molecule has 4 nitrogen and oxygen atoms in total. The molecule has 2 rings (SSSR count). The van der Waals surface area contributed by atoms with Crippen molar-refractivity contribution < 1.29 is 9.90 Å². The first-order valence-electron chi connectivity index (χ1n) is 5.09. The number of aromatic nitrogens is 1. The van der Waals surface area contributed by atoms with Gasteiger partial charge in [0, 0.05) is 18.1 Å². The van der Waals surface area contributed by atoms with Gasteiger partial charge in [-0.3, -0.25) is 0 Å². The minimum absolute atomic E-state index is 0.279. The van der Waals surface area contributed by atoms with Crippen molar-refractivity contribution in [3.63, 3.8) is 0 Å². The largest absolute Gasteiger partial charge is 0.478 e. The second kappa shape index (κ2) is 4.18. The van der Waals surface area contributed by atoms with Gasteiger partial charge in [0.25, 0.3) is 0 Å². The van der Waals surface area contributed by atoms with E-state index in [1.54, 1.807) is 18.3 Å². The fourth-order valence-electron chi connectivity index (χ4n) is 1.71. The van der Waals surface area contributed by atoms with E-state index in [4.69, 9.17) is 5.11 Å². The summed E-state index contributed by atoms with van der Waals surface area (Å²) in [6, 6.07) is 7.02. The maximum absolute atomic E-state index is 11.1. The van der Waals surface area contributed by atoms with Gasteiger partial charge in [-0.15, -0.1) is 0 Å². The molecular weight excluding hydrogens is 204 g/mol. The Morgan fingerprint density at radius 3 is 2.94 bits per heavy atom. The lowest BCUT2D eigenvalue weighted by Gasteiger charge is -2.08. The lowest BCUT2D eigenvalue weighted by Crippen LogP contribution is -2.04. The Kier molecular flexibility index (Phi) is 2.72. The van der Waals surface area contributed by atoms with Gasteiger partial charge >= 0.3 is 5.97 Å². The van der Waals surface area contributed by atoms with E-state index in [0.717, 1.165) is 5.39 Å². The SMILES string of the molecule is CCNc1nccc2cccc(C(=O)O)c12. The first kappa shape index (κ1) is 10.4. The van der Waals surface area contributed by atoms with Crippen LogP contribution >= 0.6 is 0 Å². The summed E-state index contributed by atoms with van der Waals surface area (Å²) in [7, 11) is 0. The van der Waals surface area contributed by atoms with Crippen LogP contribution < -0.4 is 5.32 Å². The maximum Gasteiger partial charge on any atom is 0.336 e. The number of nitrogens with zero attached hydrogens (tertiary/aromatic N) is 1. The van der Waals surface area contributed by atoms with Crippen molar-refractivity contribution in [1.82, 2.24) is 4.98 Å². The number of nitrogens with one attached hydrogen (secondary N) is 1. The van der Waals surface area contributed by atoms with Gasteiger partial charge in [-0.05, 0) is 24.4 Å². The molecule has 0 bridgehead atoms. The number of carbonyl (C=O) groups is 1. The second-order valence-electron chi connectivity index (χ2n) is 3.40. The Balaban J connectivity index is 2.76. The predicted molar refractivity (Wildman–Crippen MR) is 62.9 cm³/mol. The molecule has 16 heavy (non-hydrogen) atoms. The smallest absolute Gasteiger partial charge is 0.336 e. The van der Waals surface area contributed by atoms with E-state index in [1.165, 1.54) is 0 Å². The Morgan fingerprint density at radius 1 is 1.44 bits per heavy atom. The molecule has 0 saturated carbocycles. The normalized spacial score (nSPS) is 10.3. The van der Waals surface area contributed by atoms with Crippen molar-refractivity contribution >= 4 is 22.6 Å². The number of hydrogen-bond donors (Lipinski definition) is 2. The number of rotatable bonds is 3. The minimum atomic E-state index is -0.933. The van der Waals surface area contributed by atoms with Crippen LogP contribution in [-0.4, -0.2) is 22.6 Å². The lowest BCUT2D eigenvalue weighted by molar-refractivity contribution is 0.0699. The van der Waals surface area contributed by atoms with E-state index >= 15 is 0 Å². The highest BCUT2D eigenvalue weighted by Gasteiger charge is 2.11. The zero-order valence-corrected chi connectivity index (χ0v) is 8.90. The highest BCUT2D eigenvalue weighted by atomic mass is 16.4. The number of carboxylic acid groups (broad SMARTS) is 1. The molecule has 0 aliphatic carbocycles. The molecule has 0 spiro atoms. The Hall–Kier alpha value is -2.10. The standard InChI is InChI=1S/C12H12N2O2/c1-2-13-11-10-8(6-7-14-11)4-3-5-9(10)12(15)16/h3-7H,2H2,1H3,(H,13,14)(H,15,16). The van der Waals surface area contributed by atoms with Crippen molar-refractivity contribution in [2.24, 2.45) is 0 Å². The van der Waals surface area contributed by atoms with Gasteiger partial charge in [-0.25, -0.2) is 9.78 Å². The number of benzene rings is 1. The van der Waals surface area contributed by atoms with Crippen LogP contribution in [0.15, 0.2) is 30.5 Å². The molecule has 0 amide bonds. The molecule has 82 valence electrons. The molecule has 2 aromatic rings. The number of hydrogen-bond acceptors (Lipinski definition) is 3. The number of fused-ring (bicyclic) bond motifs is 1. The van der Waals surface area contributed by atoms with Gasteiger partial charge in [0.1, 0.15) is 5.82 Å². The van der Waals surface area contributed by atoms with E-state index < -0.39 is 5.97 Å². The summed E-state index contributed by atoms with van der Waals surface area (Å²) in [4.78, 5) is 15.3. The number of anilines is 1. The van der Waals surface area contributed by atoms with Gasteiger partial charge in [-0.1, -0.05) is 12.1 Å². The van der Waals surface area contributed by atoms with E-state index in [-0.39, 0.29) is 5.56 Å². The highest BCUT2D eigenvalue weighted by molar-refractivity contribution is 6.08. The van der Waals surface area contributed by atoms with Gasteiger partial charge in [0.15, 0.2) is 0 Å². The van der Waals surface area contributed by atoms with Crippen LogP contribution in [0, 0.1) is 0 Å². The molecular formula is C12H12N2O2. The third kappa shape index (κ3) is 1.69. The maximum atomic E-state index is 11.1. The third-order valence-electron chi connectivity index (χ3n) is 2.37. The Bertz CT molecular complexity index is 532. The zero-order chi connectivity index (χ0) is 11.5. The summed E-state index contributed by atoms with van der Waals surface area (Å²) >= 11 is 0. The molecule has 1 heterocycles. The molecule has 0 saturated heterocycles. The van der Waals surface area contributed by atoms with Crippen molar-refractivity contribution in [3.05, 3.63) is 36.0 Å². The molecule has 0 radical (unpaired) electrons. The molecule has 1 aromatic carbocycles. The first-order chi connectivity index (χ1) is 7.74. The van der Waals surface area contributed by atoms with E-state index in [9.17, 15) is 4.79 Å².